The number of hydrogen-bond donors (Lipinski definition) is 1. The molecule has 0 spiro atoms. The highest BCUT2D eigenvalue weighted by atomic mass is 35.5. The summed E-state index contributed by atoms with van der Waals surface area (Å²) in [7, 11) is 0. The summed E-state index contributed by atoms with van der Waals surface area (Å²) in [4.78, 5) is 7.21. The van der Waals surface area contributed by atoms with Crippen molar-refractivity contribution in [2.24, 2.45) is 0 Å². The van der Waals surface area contributed by atoms with Crippen molar-refractivity contribution < 1.29 is 0 Å². The maximum atomic E-state index is 4.72. The Morgan fingerprint density at radius 2 is 2.12 bits per heavy atom. The molecule has 2 fully saturated rings. The van der Waals surface area contributed by atoms with Crippen molar-refractivity contribution in [2.75, 3.05) is 26.2 Å². The summed E-state index contributed by atoms with van der Waals surface area (Å²) in [6, 6.07) is 0. The number of halogens is 1. The van der Waals surface area contributed by atoms with E-state index in [9.17, 15) is 0 Å². The van der Waals surface area contributed by atoms with E-state index in [0.717, 1.165) is 38.6 Å². The van der Waals surface area contributed by atoms with Crippen LogP contribution in [0.15, 0.2) is 5.38 Å². The van der Waals surface area contributed by atoms with E-state index in [1.165, 1.54) is 23.5 Å². The predicted octanol–water partition coefficient (Wildman–Crippen LogP) is 1.85. The van der Waals surface area contributed by atoms with E-state index in [2.05, 4.69) is 15.6 Å². The van der Waals surface area contributed by atoms with Crippen molar-refractivity contribution in [3.05, 3.63) is 16.1 Å². The normalized spacial score (nSPS) is 21.8. The van der Waals surface area contributed by atoms with Gasteiger partial charge < -0.3 is 5.32 Å². The van der Waals surface area contributed by atoms with Gasteiger partial charge in [-0.3, -0.25) is 4.90 Å². The van der Waals surface area contributed by atoms with Gasteiger partial charge in [0, 0.05) is 44.0 Å². The lowest BCUT2D eigenvalue weighted by atomic mass is 10.3. The minimum Gasteiger partial charge on any atom is -0.314 e. The largest absolute Gasteiger partial charge is 0.314 e. The average molecular weight is 260 g/mol. The lowest BCUT2D eigenvalue weighted by molar-refractivity contribution is 0.231. The van der Waals surface area contributed by atoms with E-state index in [4.69, 9.17) is 4.98 Å². The van der Waals surface area contributed by atoms with Gasteiger partial charge in [0.25, 0.3) is 0 Å². The third-order valence-electron chi connectivity index (χ3n) is 3.09. The monoisotopic (exact) mass is 259 g/mol. The van der Waals surface area contributed by atoms with Gasteiger partial charge in [-0.15, -0.1) is 23.7 Å². The second kappa shape index (κ2) is 5.45. The second-order valence-corrected chi connectivity index (χ2v) is 5.37. The number of nitrogens with one attached hydrogen (secondary N) is 1. The Kier molecular flexibility index (Phi) is 4.19. The molecule has 1 aliphatic carbocycles. The van der Waals surface area contributed by atoms with Gasteiger partial charge in [-0.05, 0) is 12.8 Å². The summed E-state index contributed by atoms with van der Waals surface area (Å²) in [6.07, 6.45) is 2.72. The van der Waals surface area contributed by atoms with Crippen LogP contribution < -0.4 is 5.32 Å². The molecule has 1 N–H and O–H groups in total. The van der Waals surface area contributed by atoms with Crippen LogP contribution in [0.4, 0.5) is 0 Å². The maximum absolute atomic E-state index is 4.72. The number of rotatable bonds is 3. The van der Waals surface area contributed by atoms with E-state index < -0.39 is 0 Å². The van der Waals surface area contributed by atoms with Crippen LogP contribution in [0.2, 0.25) is 0 Å². The van der Waals surface area contributed by atoms with Crippen LogP contribution in [-0.4, -0.2) is 36.1 Å². The van der Waals surface area contributed by atoms with Crippen molar-refractivity contribution in [1.82, 2.24) is 15.2 Å². The molecule has 3 rings (SSSR count). The zero-order valence-electron chi connectivity index (χ0n) is 9.32. The Morgan fingerprint density at radius 1 is 1.38 bits per heavy atom. The number of piperazine rings is 1. The summed E-state index contributed by atoms with van der Waals surface area (Å²) >= 11 is 1.86. The van der Waals surface area contributed by atoms with Gasteiger partial charge in [0.05, 0.1) is 10.7 Å². The molecule has 0 amide bonds. The van der Waals surface area contributed by atoms with Gasteiger partial charge in [0.15, 0.2) is 0 Å². The molecule has 0 unspecified atom stereocenters. The number of nitrogens with zero attached hydrogens (tertiary/aromatic N) is 2. The summed E-state index contributed by atoms with van der Waals surface area (Å²) in [5.41, 5.74) is 1.28. The maximum Gasteiger partial charge on any atom is 0.0959 e. The molecule has 1 saturated carbocycles. The quantitative estimate of drug-likeness (QED) is 0.898. The summed E-state index contributed by atoms with van der Waals surface area (Å²) < 4.78 is 0. The molecule has 90 valence electrons. The molecule has 3 nitrogen and oxygen atoms in total. The van der Waals surface area contributed by atoms with E-state index in [1.54, 1.807) is 0 Å². The molecule has 2 aliphatic rings. The topological polar surface area (TPSA) is 28.2 Å². The van der Waals surface area contributed by atoms with E-state index >= 15 is 0 Å². The zero-order valence-corrected chi connectivity index (χ0v) is 10.9. The molecule has 1 aromatic rings. The lowest BCUT2D eigenvalue weighted by Gasteiger charge is -2.26. The van der Waals surface area contributed by atoms with Crippen LogP contribution in [0, 0.1) is 0 Å². The van der Waals surface area contributed by atoms with Crippen molar-refractivity contribution in [1.29, 1.82) is 0 Å². The van der Waals surface area contributed by atoms with Gasteiger partial charge in [0.2, 0.25) is 0 Å². The summed E-state index contributed by atoms with van der Waals surface area (Å²) in [5.74, 6) is 0.812. The molecule has 0 atom stereocenters. The highest BCUT2D eigenvalue weighted by Gasteiger charge is 2.26. The molecule has 0 radical (unpaired) electrons. The minimum atomic E-state index is 0. The number of hydrogen-bond acceptors (Lipinski definition) is 4. The van der Waals surface area contributed by atoms with E-state index in [1.807, 2.05) is 11.3 Å². The molecule has 0 bridgehead atoms. The fourth-order valence-corrected chi connectivity index (χ4v) is 2.99. The first-order valence-corrected chi connectivity index (χ1v) is 6.67. The summed E-state index contributed by atoms with van der Waals surface area (Å²) in [6.45, 7) is 5.62. The van der Waals surface area contributed by atoms with E-state index in [-0.39, 0.29) is 12.4 Å². The molecule has 2 heterocycles. The van der Waals surface area contributed by atoms with Crippen molar-refractivity contribution in [3.63, 3.8) is 0 Å². The first-order chi connectivity index (χ1) is 7.42. The lowest BCUT2D eigenvalue weighted by Crippen LogP contribution is -2.42. The Labute approximate surface area is 107 Å². The standard InChI is InChI=1S/C11H17N3S.ClH/c1-2-9(1)11-13-10(8-15-11)7-14-5-3-12-4-6-14;/h8-9,12H,1-7H2;1H. The van der Waals surface area contributed by atoms with Gasteiger partial charge in [-0.25, -0.2) is 4.98 Å². The van der Waals surface area contributed by atoms with Crippen LogP contribution in [-0.2, 0) is 6.54 Å². The number of aromatic nitrogens is 1. The number of thiazole rings is 1. The SMILES string of the molecule is Cl.c1sc(C2CC2)nc1CN1CCNCC1. The predicted molar refractivity (Wildman–Crippen MR) is 69.5 cm³/mol. The molecule has 1 saturated heterocycles. The first-order valence-electron chi connectivity index (χ1n) is 5.79. The fourth-order valence-electron chi connectivity index (χ4n) is 2.01. The van der Waals surface area contributed by atoms with Crippen molar-refractivity contribution >= 4 is 23.7 Å². The Bertz CT molecular complexity index is 332. The van der Waals surface area contributed by atoms with Crippen LogP contribution in [0.5, 0.6) is 0 Å². The van der Waals surface area contributed by atoms with Crippen LogP contribution in [0.1, 0.15) is 29.5 Å². The molecule has 1 aromatic heterocycles. The Hall–Kier alpha value is -0.160. The average Bonchev–Trinajstić information content (AvgIpc) is 3.02. The van der Waals surface area contributed by atoms with Crippen LogP contribution in [0.25, 0.3) is 0 Å². The van der Waals surface area contributed by atoms with E-state index in [0.29, 0.717) is 0 Å². The third kappa shape index (κ3) is 2.94. The van der Waals surface area contributed by atoms with Crippen molar-refractivity contribution in [3.8, 4) is 0 Å². The Morgan fingerprint density at radius 3 is 2.81 bits per heavy atom. The van der Waals surface area contributed by atoms with Gasteiger partial charge in [0.1, 0.15) is 0 Å². The molecule has 5 heteroatoms. The Balaban J connectivity index is 0.000000963. The molecular weight excluding hydrogens is 242 g/mol. The molecule has 0 aromatic carbocycles. The van der Waals surface area contributed by atoms with Crippen molar-refractivity contribution in [2.45, 2.75) is 25.3 Å². The fraction of sp³-hybridized carbons (Fsp3) is 0.727. The third-order valence-corrected chi connectivity index (χ3v) is 4.15. The highest BCUT2D eigenvalue weighted by Crippen LogP contribution is 2.41. The van der Waals surface area contributed by atoms with Gasteiger partial charge in [-0.1, -0.05) is 0 Å². The van der Waals surface area contributed by atoms with Crippen LogP contribution >= 0.6 is 23.7 Å². The zero-order chi connectivity index (χ0) is 10.1. The highest BCUT2D eigenvalue weighted by molar-refractivity contribution is 7.09. The second-order valence-electron chi connectivity index (χ2n) is 4.48. The molecule has 16 heavy (non-hydrogen) atoms. The van der Waals surface area contributed by atoms with Gasteiger partial charge >= 0.3 is 0 Å². The summed E-state index contributed by atoms with van der Waals surface area (Å²) in [5, 5.41) is 7.00. The van der Waals surface area contributed by atoms with Crippen LogP contribution in [0.3, 0.4) is 0 Å². The smallest absolute Gasteiger partial charge is 0.0959 e. The van der Waals surface area contributed by atoms with Gasteiger partial charge in [-0.2, -0.15) is 0 Å². The molecule has 1 aliphatic heterocycles. The minimum absolute atomic E-state index is 0. The first kappa shape index (κ1) is 12.3. The molecular formula is C11H18ClN3S.